The van der Waals surface area contributed by atoms with Crippen molar-refractivity contribution in [1.29, 1.82) is 0 Å². The van der Waals surface area contributed by atoms with Crippen molar-refractivity contribution in [2.45, 2.75) is 47.5 Å². The lowest BCUT2D eigenvalue weighted by atomic mass is 9.68. The molecule has 0 spiro atoms. The van der Waals surface area contributed by atoms with Crippen LogP contribution in [-0.4, -0.2) is 0 Å². The van der Waals surface area contributed by atoms with E-state index >= 15 is 0 Å². The first-order valence-electron chi connectivity index (χ1n) is 7.18. The highest BCUT2D eigenvalue weighted by Gasteiger charge is 2.30. The quantitative estimate of drug-likeness (QED) is 0.427. The Morgan fingerprint density at radius 2 is 2.00 bits per heavy atom. The summed E-state index contributed by atoms with van der Waals surface area (Å²) in [7, 11) is 0. The van der Waals surface area contributed by atoms with Gasteiger partial charge < -0.3 is 0 Å². The second kappa shape index (κ2) is 6.75. The van der Waals surface area contributed by atoms with Gasteiger partial charge in [-0.3, -0.25) is 0 Å². The highest BCUT2D eigenvalue weighted by Crippen LogP contribution is 2.41. The smallest absolute Gasteiger partial charge is 0.00285 e. The van der Waals surface area contributed by atoms with E-state index in [9.17, 15) is 0 Å². The number of hydrogen-bond donors (Lipinski definition) is 0. The fourth-order valence-electron chi connectivity index (χ4n) is 2.65. The van der Waals surface area contributed by atoms with Crippen molar-refractivity contribution >= 4 is 0 Å². The molecule has 0 bridgehead atoms. The van der Waals surface area contributed by atoms with Gasteiger partial charge in [0, 0.05) is 5.92 Å². The number of hydrogen-bond acceptors (Lipinski definition) is 0. The molecule has 1 aliphatic rings. The van der Waals surface area contributed by atoms with Crippen LogP contribution in [0.3, 0.4) is 0 Å². The standard InChI is InChI=1S/C19H28/c1-15(2)9-7-10-16(3)12-13-18-17(4)11-8-14-19(18,5)6/h7,9-13,18H,1,8,14H2,2-6H3/b9-7+,13-12+,16-10+. The molecule has 104 valence electrons. The van der Waals surface area contributed by atoms with Gasteiger partial charge in [0.15, 0.2) is 0 Å². The minimum atomic E-state index is 0.378. The van der Waals surface area contributed by atoms with Gasteiger partial charge in [-0.25, -0.2) is 0 Å². The maximum atomic E-state index is 3.86. The van der Waals surface area contributed by atoms with Crippen LogP contribution in [0.1, 0.15) is 47.5 Å². The SMILES string of the molecule is C=C(C)/C=C/C=C(C)/C=C/C1C(C)=CCCC1(C)C. The second-order valence-corrected chi connectivity index (χ2v) is 6.43. The molecule has 0 amide bonds. The molecule has 0 N–H and O–H groups in total. The summed E-state index contributed by atoms with van der Waals surface area (Å²) < 4.78 is 0. The molecule has 1 atom stereocenters. The summed E-state index contributed by atoms with van der Waals surface area (Å²) in [6.45, 7) is 15.0. The van der Waals surface area contributed by atoms with Crippen molar-refractivity contribution < 1.29 is 0 Å². The van der Waals surface area contributed by atoms with Crippen LogP contribution in [0.25, 0.3) is 0 Å². The zero-order valence-electron chi connectivity index (χ0n) is 13.2. The molecular formula is C19H28. The van der Waals surface area contributed by atoms with E-state index in [1.807, 2.05) is 13.0 Å². The molecule has 0 fully saturated rings. The van der Waals surface area contributed by atoms with E-state index in [1.165, 1.54) is 24.0 Å². The average molecular weight is 256 g/mol. The fourth-order valence-corrected chi connectivity index (χ4v) is 2.65. The van der Waals surface area contributed by atoms with Gasteiger partial charge in [-0.15, -0.1) is 0 Å². The minimum Gasteiger partial charge on any atom is -0.0961 e. The van der Waals surface area contributed by atoms with Crippen LogP contribution in [0, 0.1) is 11.3 Å². The second-order valence-electron chi connectivity index (χ2n) is 6.43. The van der Waals surface area contributed by atoms with Crippen LogP contribution in [0.2, 0.25) is 0 Å². The number of allylic oxidation sites excluding steroid dienone is 9. The Morgan fingerprint density at radius 3 is 2.58 bits per heavy atom. The molecule has 19 heavy (non-hydrogen) atoms. The zero-order chi connectivity index (χ0) is 14.5. The first kappa shape index (κ1) is 15.8. The minimum absolute atomic E-state index is 0.378. The lowest BCUT2D eigenvalue weighted by Gasteiger charge is -2.36. The molecule has 0 saturated carbocycles. The third kappa shape index (κ3) is 5.06. The summed E-state index contributed by atoms with van der Waals surface area (Å²) >= 11 is 0. The summed E-state index contributed by atoms with van der Waals surface area (Å²) in [4.78, 5) is 0. The molecule has 0 aromatic rings. The van der Waals surface area contributed by atoms with Crippen molar-refractivity contribution in [3.8, 4) is 0 Å². The molecule has 0 aromatic heterocycles. The Morgan fingerprint density at radius 1 is 1.32 bits per heavy atom. The monoisotopic (exact) mass is 256 g/mol. The molecular weight excluding hydrogens is 228 g/mol. The lowest BCUT2D eigenvalue weighted by Crippen LogP contribution is -2.26. The third-order valence-corrected chi connectivity index (χ3v) is 3.88. The fraction of sp³-hybridized carbons (Fsp3) is 0.474. The van der Waals surface area contributed by atoms with E-state index in [0.717, 1.165) is 5.57 Å². The Bertz CT molecular complexity index is 439. The van der Waals surface area contributed by atoms with Crippen LogP contribution < -0.4 is 0 Å². The van der Waals surface area contributed by atoms with Gasteiger partial charge in [-0.05, 0) is 39.0 Å². The summed E-state index contributed by atoms with van der Waals surface area (Å²) in [6.07, 6.45) is 15.7. The van der Waals surface area contributed by atoms with E-state index < -0.39 is 0 Å². The normalized spacial score (nSPS) is 23.9. The van der Waals surface area contributed by atoms with Gasteiger partial charge in [0.1, 0.15) is 0 Å². The molecule has 0 saturated heterocycles. The summed E-state index contributed by atoms with van der Waals surface area (Å²) in [5.41, 5.74) is 4.26. The molecule has 0 radical (unpaired) electrons. The molecule has 0 nitrogen and oxygen atoms in total. The van der Waals surface area contributed by atoms with E-state index in [-0.39, 0.29) is 0 Å². The predicted octanol–water partition coefficient (Wildman–Crippen LogP) is 6.00. The topological polar surface area (TPSA) is 0 Å². The van der Waals surface area contributed by atoms with E-state index in [1.54, 1.807) is 0 Å². The molecule has 0 aromatic carbocycles. The van der Waals surface area contributed by atoms with Crippen molar-refractivity contribution in [3.63, 3.8) is 0 Å². The van der Waals surface area contributed by atoms with Crippen LogP contribution in [0.5, 0.6) is 0 Å². The third-order valence-electron chi connectivity index (χ3n) is 3.88. The van der Waals surface area contributed by atoms with Crippen molar-refractivity contribution in [2.24, 2.45) is 11.3 Å². The highest BCUT2D eigenvalue weighted by molar-refractivity contribution is 5.28. The largest absolute Gasteiger partial charge is 0.0961 e. The van der Waals surface area contributed by atoms with Crippen molar-refractivity contribution in [1.82, 2.24) is 0 Å². The van der Waals surface area contributed by atoms with Crippen LogP contribution >= 0.6 is 0 Å². The van der Waals surface area contributed by atoms with Crippen molar-refractivity contribution in [2.75, 3.05) is 0 Å². The molecule has 1 unspecified atom stereocenters. The Kier molecular flexibility index (Phi) is 5.60. The Balaban J connectivity index is 2.77. The van der Waals surface area contributed by atoms with E-state index in [2.05, 4.69) is 64.7 Å². The van der Waals surface area contributed by atoms with Crippen molar-refractivity contribution in [3.05, 3.63) is 59.8 Å². The maximum absolute atomic E-state index is 3.86. The molecule has 0 heteroatoms. The van der Waals surface area contributed by atoms with E-state index in [4.69, 9.17) is 0 Å². The van der Waals surface area contributed by atoms with Gasteiger partial charge in [-0.2, -0.15) is 0 Å². The summed E-state index contributed by atoms with van der Waals surface area (Å²) in [6, 6.07) is 0. The predicted molar refractivity (Wildman–Crippen MR) is 87.1 cm³/mol. The first-order valence-corrected chi connectivity index (χ1v) is 7.18. The molecule has 1 rings (SSSR count). The average Bonchev–Trinajstić information content (AvgIpc) is 2.26. The molecule has 0 aliphatic heterocycles. The van der Waals surface area contributed by atoms with Crippen LogP contribution in [0.4, 0.5) is 0 Å². The Hall–Kier alpha value is -1.30. The highest BCUT2D eigenvalue weighted by atomic mass is 14.3. The maximum Gasteiger partial charge on any atom is 0.00285 e. The van der Waals surface area contributed by atoms with Gasteiger partial charge in [0.25, 0.3) is 0 Å². The molecule has 1 aliphatic carbocycles. The van der Waals surface area contributed by atoms with Gasteiger partial charge >= 0.3 is 0 Å². The van der Waals surface area contributed by atoms with Gasteiger partial charge in [-0.1, -0.05) is 73.6 Å². The van der Waals surface area contributed by atoms with E-state index in [0.29, 0.717) is 11.3 Å². The molecule has 0 heterocycles. The summed E-state index contributed by atoms with van der Waals surface area (Å²) in [5.74, 6) is 0.565. The van der Waals surface area contributed by atoms with Gasteiger partial charge in [0.05, 0.1) is 0 Å². The van der Waals surface area contributed by atoms with Crippen LogP contribution in [-0.2, 0) is 0 Å². The zero-order valence-corrected chi connectivity index (χ0v) is 13.2. The first-order chi connectivity index (χ1) is 8.83. The summed E-state index contributed by atoms with van der Waals surface area (Å²) in [5, 5.41) is 0. The van der Waals surface area contributed by atoms with Gasteiger partial charge in [0.2, 0.25) is 0 Å². The number of rotatable bonds is 4. The van der Waals surface area contributed by atoms with Crippen LogP contribution in [0.15, 0.2) is 59.8 Å². The lowest BCUT2D eigenvalue weighted by molar-refractivity contribution is 0.255. The Labute approximate surface area is 119 Å².